The number of halogens is 3. The maximum Gasteiger partial charge on any atom is 0.416 e. The normalized spacial score (nSPS) is 18.8. The minimum Gasteiger partial charge on any atom is -0.346 e. The highest BCUT2D eigenvalue weighted by atomic mass is 19.4. The fraction of sp³-hybridized carbons (Fsp3) is 0.550. The summed E-state index contributed by atoms with van der Waals surface area (Å²) < 4.78 is 40.9. The molecule has 1 unspecified atom stereocenters. The Labute approximate surface area is 167 Å². The lowest BCUT2D eigenvalue weighted by molar-refractivity contribution is -0.137. The molecule has 1 aliphatic carbocycles. The van der Waals surface area contributed by atoms with Crippen LogP contribution < -0.4 is 5.32 Å². The largest absolute Gasteiger partial charge is 0.416 e. The third-order valence-electron chi connectivity index (χ3n) is 5.50. The third-order valence-corrected chi connectivity index (χ3v) is 5.50. The van der Waals surface area contributed by atoms with Crippen molar-refractivity contribution in [1.29, 1.82) is 0 Å². The van der Waals surface area contributed by atoms with Gasteiger partial charge in [0, 0.05) is 38.5 Å². The maximum atomic E-state index is 13.0. The van der Waals surface area contributed by atoms with E-state index in [1.807, 2.05) is 11.5 Å². The minimum absolute atomic E-state index is 0.0645. The summed E-state index contributed by atoms with van der Waals surface area (Å²) in [5, 5.41) is 11.6. The first-order chi connectivity index (χ1) is 13.8. The molecule has 1 aromatic heterocycles. The van der Waals surface area contributed by atoms with Gasteiger partial charge in [0.2, 0.25) is 5.91 Å². The quantitative estimate of drug-likeness (QED) is 0.828. The van der Waals surface area contributed by atoms with E-state index in [9.17, 15) is 18.0 Å². The lowest BCUT2D eigenvalue weighted by atomic mass is 10.1. The molecule has 156 valence electrons. The van der Waals surface area contributed by atoms with Gasteiger partial charge < -0.3 is 9.88 Å². The molecule has 1 saturated carbocycles. The van der Waals surface area contributed by atoms with Gasteiger partial charge >= 0.3 is 6.18 Å². The Morgan fingerprint density at radius 3 is 2.76 bits per heavy atom. The van der Waals surface area contributed by atoms with Crippen LogP contribution in [0.3, 0.4) is 0 Å². The van der Waals surface area contributed by atoms with Crippen molar-refractivity contribution in [1.82, 2.24) is 25.0 Å². The Bertz CT molecular complexity index is 890. The summed E-state index contributed by atoms with van der Waals surface area (Å²) in [7, 11) is 0. The van der Waals surface area contributed by atoms with Gasteiger partial charge in [-0.3, -0.25) is 9.69 Å². The van der Waals surface area contributed by atoms with Crippen LogP contribution in [-0.4, -0.2) is 38.7 Å². The smallest absolute Gasteiger partial charge is 0.346 e. The Morgan fingerprint density at radius 1 is 1.24 bits per heavy atom. The van der Waals surface area contributed by atoms with Crippen LogP contribution in [-0.2, 0) is 30.5 Å². The number of rotatable bonds is 5. The van der Waals surface area contributed by atoms with Crippen LogP contribution >= 0.6 is 0 Å². The molecule has 29 heavy (non-hydrogen) atoms. The number of amides is 1. The topological polar surface area (TPSA) is 63.1 Å². The number of fused-ring (bicyclic) bond motifs is 1. The van der Waals surface area contributed by atoms with Gasteiger partial charge in [0.05, 0.1) is 11.6 Å². The summed E-state index contributed by atoms with van der Waals surface area (Å²) in [6.07, 6.45) is -1.78. The van der Waals surface area contributed by atoms with Crippen LogP contribution in [0.25, 0.3) is 0 Å². The van der Waals surface area contributed by atoms with Crippen molar-refractivity contribution in [2.24, 2.45) is 5.92 Å². The molecule has 9 heteroatoms. The van der Waals surface area contributed by atoms with Crippen LogP contribution in [0, 0.1) is 5.92 Å². The van der Waals surface area contributed by atoms with Crippen LogP contribution in [0.5, 0.6) is 0 Å². The molecule has 0 saturated heterocycles. The molecule has 1 N–H and O–H groups in total. The van der Waals surface area contributed by atoms with Gasteiger partial charge in [-0.15, -0.1) is 10.2 Å². The predicted octanol–water partition coefficient (Wildman–Crippen LogP) is 2.94. The number of nitrogens with one attached hydrogen (secondary N) is 1. The van der Waals surface area contributed by atoms with Crippen molar-refractivity contribution < 1.29 is 18.0 Å². The lowest BCUT2D eigenvalue weighted by Crippen LogP contribution is -2.31. The summed E-state index contributed by atoms with van der Waals surface area (Å²) in [4.78, 5) is 14.2. The third kappa shape index (κ3) is 4.60. The zero-order chi connectivity index (χ0) is 20.6. The Morgan fingerprint density at radius 2 is 2.03 bits per heavy atom. The van der Waals surface area contributed by atoms with E-state index in [-0.39, 0.29) is 17.9 Å². The second-order valence-corrected chi connectivity index (χ2v) is 7.85. The molecule has 1 atom stereocenters. The van der Waals surface area contributed by atoms with E-state index in [1.165, 1.54) is 12.1 Å². The molecular formula is C20H24F3N5O. The summed E-state index contributed by atoms with van der Waals surface area (Å²) in [6.45, 7) is 4.36. The number of alkyl halides is 3. The van der Waals surface area contributed by atoms with E-state index < -0.39 is 11.7 Å². The molecule has 2 heterocycles. The number of carbonyl (C=O) groups excluding carboxylic acids is 1. The van der Waals surface area contributed by atoms with Crippen molar-refractivity contribution in [3.63, 3.8) is 0 Å². The zero-order valence-electron chi connectivity index (χ0n) is 16.2. The Balaban J connectivity index is 1.41. The van der Waals surface area contributed by atoms with Gasteiger partial charge in [-0.2, -0.15) is 13.2 Å². The highest BCUT2D eigenvalue weighted by Crippen LogP contribution is 2.31. The molecule has 1 amide bonds. The number of hydrogen-bond acceptors (Lipinski definition) is 4. The first kappa shape index (κ1) is 19.9. The average molecular weight is 407 g/mol. The molecule has 2 aliphatic rings. The Hall–Kier alpha value is -2.42. The molecule has 1 fully saturated rings. The fourth-order valence-electron chi connectivity index (χ4n) is 3.71. The highest BCUT2D eigenvalue weighted by Gasteiger charge is 2.32. The summed E-state index contributed by atoms with van der Waals surface area (Å²) in [5.74, 6) is 1.77. The Kier molecular flexibility index (Phi) is 5.33. The zero-order valence-corrected chi connectivity index (χ0v) is 16.2. The van der Waals surface area contributed by atoms with Crippen LogP contribution in [0.4, 0.5) is 13.2 Å². The molecule has 1 aromatic carbocycles. The standard InChI is InChI=1S/C20H24F3N5O/c1-13(24-19(29)15-5-6-15)18-26-25-17-7-8-27(9-10-28(17)18)12-14-3-2-4-16(11-14)20(21,22)23/h2-4,11,13,15H,5-10,12H2,1H3,(H,24,29). The molecule has 2 aromatic rings. The van der Waals surface area contributed by atoms with E-state index in [4.69, 9.17) is 0 Å². The highest BCUT2D eigenvalue weighted by molar-refractivity contribution is 5.81. The van der Waals surface area contributed by atoms with Crippen LogP contribution in [0.1, 0.15) is 48.6 Å². The summed E-state index contributed by atoms with van der Waals surface area (Å²) >= 11 is 0. The van der Waals surface area contributed by atoms with Gasteiger partial charge in [-0.05, 0) is 31.4 Å². The lowest BCUT2D eigenvalue weighted by Gasteiger charge is -2.21. The second kappa shape index (κ2) is 7.78. The predicted molar refractivity (Wildman–Crippen MR) is 99.7 cm³/mol. The monoisotopic (exact) mass is 407 g/mol. The summed E-state index contributed by atoms with van der Waals surface area (Å²) in [6, 6.07) is 5.26. The molecule has 6 nitrogen and oxygen atoms in total. The van der Waals surface area contributed by atoms with Crippen LogP contribution in [0.2, 0.25) is 0 Å². The van der Waals surface area contributed by atoms with E-state index in [2.05, 4.69) is 20.4 Å². The first-order valence-electron chi connectivity index (χ1n) is 9.92. The molecular weight excluding hydrogens is 383 g/mol. The summed E-state index contributed by atoms with van der Waals surface area (Å²) in [5.41, 5.74) is 0.0206. The number of aromatic nitrogens is 3. The number of nitrogens with zero attached hydrogens (tertiary/aromatic N) is 4. The van der Waals surface area contributed by atoms with Crippen molar-refractivity contribution in [3.05, 3.63) is 47.0 Å². The molecule has 4 rings (SSSR count). The number of carbonyl (C=O) groups is 1. The maximum absolute atomic E-state index is 13.0. The number of hydrogen-bond donors (Lipinski definition) is 1. The molecule has 0 spiro atoms. The molecule has 0 radical (unpaired) electrons. The fourth-order valence-corrected chi connectivity index (χ4v) is 3.71. The van der Waals surface area contributed by atoms with Crippen molar-refractivity contribution in [2.45, 2.75) is 51.5 Å². The van der Waals surface area contributed by atoms with Gasteiger partial charge in [0.25, 0.3) is 0 Å². The number of benzene rings is 1. The van der Waals surface area contributed by atoms with E-state index in [0.29, 0.717) is 38.2 Å². The van der Waals surface area contributed by atoms with E-state index >= 15 is 0 Å². The molecule has 0 bridgehead atoms. The van der Waals surface area contributed by atoms with E-state index in [0.717, 1.165) is 30.6 Å². The van der Waals surface area contributed by atoms with Crippen molar-refractivity contribution in [3.8, 4) is 0 Å². The first-order valence-corrected chi connectivity index (χ1v) is 9.92. The second-order valence-electron chi connectivity index (χ2n) is 7.85. The van der Waals surface area contributed by atoms with Crippen LogP contribution in [0.15, 0.2) is 24.3 Å². The molecule has 1 aliphatic heterocycles. The van der Waals surface area contributed by atoms with Crippen molar-refractivity contribution in [2.75, 3.05) is 13.1 Å². The van der Waals surface area contributed by atoms with Gasteiger partial charge in [0.1, 0.15) is 5.82 Å². The SMILES string of the molecule is CC(NC(=O)C1CC1)c1nnc2n1CCN(Cc1cccc(C(F)(F)F)c1)CC2. The van der Waals surface area contributed by atoms with Gasteiger partial charge in [-0.1, -0.05) is 18.2 Å². The minimum atomic E-state index is -4.33. The van der Waals surface area contributed by atoms with Gasteiger partial charge in [-0.25, -0.2) is 0 Å². The van der Waals surface area contributed by atoms with E-state index in [1.54, 1.807) is 6.07 Å². The van der Waals surface area contributed by atoms with Gasteiger partial charge in [0.15, 0.2) is 5.82 Å². The van der Waals surface area contributed by atoms with Crippen molar-refractivity contribution >= 4 is 5.91 Å². The average Bonchev–Trinajstić information content (AvgIpc) is 3.47.